The van der Waals surface area contributed by atoms with Gasteiger partial charge in [0.1, 0.15) is 16.7 Å². The van der Waals surface area contributed by atoms with E-state index in [9.17, 15) is 0 Å². The maximum absolute atomic E-state index is 6.67. The molecule has 0 bridgehead atoms. The zero-order chi connectivity index (χ0) is 45.2. The number of hydrogen-bond acceptors (Lipinski definition) is 4. The lowest BCUT2D eigenvalue weighted by Crippen LogP contribution is -1.95. The van der Waals surface area contributed by atoms with Crippen molar-refractivity contribution in [2.45, 2.75) is 0 Å². The van der Waals surface area contributed by atoms with E-state index in [1.807, 2.05) is 72.8 Å². The van der Waals surface area contributed by atoms with E-state index in [1.54, 1.807) is 0 Å². The molecule has 12 aromatic carbocycles. The van der Waals surface area contributed by atoms with Crippen molar-refractivity contribution < 1.29 is 8.83 Å². The molecule has 0 aliphatic carbocycles. The van der Waals surface area contributed by atoms with Crippen molar-refractivity contribution in [2.24, 2.45) is 0 Å². The second-order valence-corrected chi connectivity index (χ2v) is 16.9. The Balaban J connectivity index is 0.000000157. The second kappa shape index (κ2) is 17.7. The van der Waals surface area contributed by atoms with Gasteiger partial charge in [0, 0.05) is 60.5 Å². The highest BCUT2D eigenvalue weighted by atomic mass is 16.3. The zero-order valence-electron chi connectivity index (χ0n) is 37.1. The van der Waals surface area contributed by atoms with Crippen molar-refractivity contribution in [1.29, 1.82) is 0 Å². The van der Waals surface area contributed by atoms with Crippen molar-refractivity contribution >= 4 is 98.9 Å². The standard InChI is InChI=1S/C40H26N2O.C18H12O.C6H6/c1-3-9-25(10-4-1)29-13-7-14-30-31-15-8-16-36(40(31)43-39(29)30)42-35-24-20-27-17-21-32-34(41-28-11-5-2-6-12-28)23-19-26-18-22-33(35)38(27)37(26)32;1-2-7-13(8-3-1)14-10-6-11-16-15-9-4-5-12-17(15)19-18(14)16;1-2-4-6-5-3-1/h1-24,41-42H;1-12H;1-6H. The number of hydrogen-bond donors (Lipinski definition) is 2. The summed E-state index contributed by atoms with van der Waals surface area (Å²) in [6.07, 6.45) is 0. The van der Waals surface area contributed by atoms with Gasteiger partial charge in [0.2, 0.25) is 0 Å². The third-order valence-electron chi connectivity index (χ3n) is 12.8. The minimum Gasteiger partial charge on any atom is -0.455 e. The second-order valence-electron chi connectivity index (χ2n) is 16.9. The Morgan fingerprint density at radius 3 is 1.26 bits per heavy atom. The molecule has 322 valence electrons. The van der Waals surface area contributed by atoms with Gasteiger partial charge in [0.25, 0.3) is 0 Å². The average Bonchev–Trinajstić information content (AvgIpc) is 4.00. The number of rotatable bonds is 6. The summed E-state index contributed by atoms with van der Waals surface area (Å²) in [6.45, 7) is 0. The number of fused-ring (bicyclic) bond motifs is 6. The quantitative estimate of drug-likeness (QED) is 0.163. The lowest BCUT2D eigenvalue weighted by atomic mass is 9.92. The molecule has 0 spiro atoms. The predicted octanol–water partition coefficient (Wildman–Crippen LogP) is 18.6. The number of benzene rings is 12. The topological polar surface area (TPSA) is 50.3 Å². The van der Waals surface area contributed by atoms with Crippen LogP contribution >= 0.6 is 0 Å². The van der Waals surface area contributed by atoms with E-state index in [0.29, 0.717) is 0 Å². The molecule has 4 heteroatoms. The Kier molecular flexibility index (Phi) is 10.5. The fraction of sp³-hybridized carbons (Fsp3) is 0. The van der Waals surface area contributed by atoms with Crippen LogP contribution in [-0.4, -0.2) is 0 Å². The highest BCUT2D eigenvalue weighted by Gasteiger charge is 2.18. The molecule has 4 nitrogen and oxygen atoms in total. The number of furan rings is 2. The SMILES string of the molecule is c1ccc(-c2cccc3c2oc2ccccc23)cc1.c1ccc(Nc2ccc3ccc4c(Nc5cccc6c5oc5c(-c7ccccc7)cccc56)ccc5ccc2c3c54)cc1.c1ccccc1. The molecule has 14 rings (SSSR count). The summed E-state index contributed by atoms with van der Waals surface area (Å²) in [5, 5.41) is 19.4. The van der Waals surface area contributed by atoms with Gasteiger partial charge in [-0.2, -0.15) is 0 Å². The van der Waals surface area contributed by atoms with Crippen LogP contribution in [0.1, 0.15) is 0 Å². The van der Waals surface area contributed by atoms with Gasteiger partial charge >= 0.3 is 0 Å². The molecule has 0 aliphatic rings. The fourth-order valence-electron chi connectivity index (χ4n) is 9.58. The molecular weight excluding hydrogens is 829 g/mol. The molecule has 0 amide bonds. The summed E-state index contributed by atoms with van der Waals surface area (Å²) in [6, 6.07) is 88.1. The summed E-state index contributed by atoms with van der Waals surface area (Å²) in [4.78, 5) is 0. The molecular formula is C64H44N2O2. The Hall–Kier alpha value is -9.12. The van der Waals surface area contributed by atoms with Crippen molar-refractivity contribution in [3.05, 3.63) is 255 Å². The van der Waals surface area contributed by atoms with Crippen molar-refractivity contribution in [2.75, 3.05) is 10.6 Å². The van der Waals surface area contributed by atoms with E-state index >= 15 is 0 Å². The summed E-state index contributed by atoms with van der Waals surface area (Å²) < 4.78 is 12.7. The maximum atomic E-state index is 6.67. The summed E-state index contributed by atoms with van der Waals surface area (Å²) in [5.74, 6) is 0. The lowest BCUT2D eigenvalue weighted by molar-refractivity contribution is 0.670. The van der Waals surface area contributed by atoms with E-state index in [0.717, 1.165) is 72.5 Å². The van der Waals surface area contributed by atoms with Crippen LogP contribution < -0.4 is 10.6 Å². The van der Waals surface area contributed by atoms with Crippen LogP contribution in [-0.2, 0) is 0 Å². The molecule has 0 saturated heterocycles. The van der Waals surface area contributed by atoms with Crippen LogP contribution in [0.25, 0.3) is 98.4 Å². The lowest BCUT2D eigenvalue weighted by Gasteiger charge is -2.17. The van der Waals surface area contributed by atoms with Gasteiger partial charge in [-0.3, -0.25) is 0 Å². The van der Waals surface area contributed by atoms with E-state index in [-0.39, 0.29) is 0 Å². The molecule has 2 heterocycles. The minimum absolute atomic E-state index is 0.862. The molecule has 0 fully saturated rings. The molecule has 68 heavy (non-hydrogen) atoms. The molecule has 0 saturated carbocycles. The fourth-order valence-corrected chi connectivity index (χ4v) is 9.58. The monoisotopic (exact) mass is 872 g/mol. The molecule has 2 aromatic heterocycles. The Bertz CT molecular complexity index is 3980. The first-order chi connectivity index (χ1) is 33.7. The number of nitrogens with one attached hydrogen (secondary N) is 2. The van der Waals surface area contributed by atoms with E-state index < -0.39 is 0 Å². The van der Waals surface area contributed by atoms with Crippen molar-refractivity contribution in [3.63, 3.8) is 0 Å². The molecule has 0 unspecified atom stereocenters. The van der Waals surface area contributed by atoms with Gasteiger partial charge in [-0.25, -0.2) is 0 Å². The number of anilines is 4. The average molecular weight is 873 g/mol. The van der Waals surface area contributed by atoms with Crippen LogP contribution in [0.4, 0.5) is 22.7 Å². The van der Waals surface area contributed by atoms with Crippen molar-refractivity contribution in [1.82, 2.24) is 0 Å². The summed E-state index contributed by atoms with van der Waals surface area (Å²) >= 11 is 0. The van der Waals surface area contributed by atoms with Gasteiger partial charge in [-0.1, -0.05) is 218 Å². The zero-order valence-corrected chi connectivity index (χ0v) is 37.1. The Labute approximate surface area is 393 Å². The smallest absolute Gasteiger partial charge is 0.158 e. The van der Waals surface area contributed by atoms with Gasteiger partial charge in [0.15, 0.2) is 5.58 Å². The van der Waals surface area contributed by atoms with Crippen LogP contribution in [0, 0.1) is 0 Å². The van der Waals surface area contributed by atoms with E-state index in [1.165, 1.54) is 48.7 Å². The molecule has 2 N–H and O–H groups in total. The van der Waals surface area contributed by atoms with E-state index in [2.05, 4.69) is 193 Å². The van der Waals surface area contributed by atoms with Crippen LogP contribution in [0.5, 0.6) is 0 Å². The van der Waals surface area contributed by atoms with Crippen LogP contribution in [0.2, 0.25) is 0 Å². The van der Waals surface area contributed by atoms with Gasteiger partial charge in [0.05, 0.1) is 5.69 Å². The maximum Gasteiger partial charge on any atom is 0.158 e. The first-order valence-electron chi connectivity index (χ1n) is 23.0. The number of para-hydroxylation sites is 5. The van der Waals surface area contributed by atoms with Gasteiger partial charge in [-0.15, -0.1) is 0 Å². The third kappa shape index (κ3) is 7.50. The first-order valence-corrected chi connectivity index (χ1v) is 23.0. The van der Waals surface area contributed by atoms with Crippen molar-refractivity contribution in [3.8, 4) is 22.3 Å². The predicted molar refractivity (Wildman–Crippen MR) is 288 cm³/mol. The molecule has 0 aliphatic heterocycles. The Morgan fingerprint density at radius 1 is 0.250 bits per heavy atom. The third-order valence-corrected chi connectivity index (χ3v) is 12.8. The van der Waals surface area contributed by atoms with Crippen LogP contribution in [0.3, 0.4) is 0 Å². The highest BCUT2D eigenvalue weighted by molar-refractivity contribution is 6.27. The van der Waals surface area contributed by atoms with E-state index in [4.69, 9.17) is 8.83 Å². The molecule has 14 aromatic rings. The Morgan fingerprint density at radius 2 is 0.676 bits per heavy atom. The van der Waals surface area contributed by atoms with Gasteiger partial charge in [-0.05, 0) is 69.1 Å². The summed E-state index contributed by atoms with van der Waals surface area (Å²) in [5.41, 5.74) is 12.5. The first kappa shape index (κ1) is 40.4. The highest BCUT2D eigenvalue weighted by Crippen LogP contribution is 2.44. The normalized spacial score (nSPS) is 11.2. The largest absolute Gasteiger partial charge is 0.455 e. The molecule has 0 atom stereocenters. The summed E-state index contributed by atoms with van der Waals surface area (Å²) in [7, 11) is 0. The van der Waals surface area contributed by atoms with Gasteiger partial charge < -0.3 is 19.5 Å². The molecule has 0 radical (unpaired) electrons. The van der Waals surface area contributed by atoms with Crippen LogP contribution in [0.15, 0.2) is 264 Å². The minimum atomic E-state index is 0.862.